The van der Waals surface area contributed by atoms with Crippen molar-refractivity contribution in [1.29, 1.82) is 0 Å². The van der Waals surface area contributed by atoms with Crippen LogP contribution in [0.5, 0.6) is 5.75 Å². The van der Waals surface area contributed by atoms with E-state index in [1.54, 1.807) is 7.11 Å². The summed E-state index contributed by atoms with van der Waals surface area (Å²) >= 11 is 0. The van der Waals surface area contributed by atoms with Gasteiger partial charge in [0.2, 0.25) is 0 Å². The van der Waals surface area contributed by atoms with Crippen LogP contribution in [0.15, 0.2) is 78.6 Å². The summed E-state index contributed by atoms with van der Waals surface area (Å²) in [5, 5.41) is 14.9. The first kappa shape index (κ1) is 41.8. The number of aromatic nitrogens is 1. The second-order valence-corrected chi connectivity index (χ2v) is 19.6. The van der Waals surface area contributed by atoms with Gasteiger partial charge in [0, 0.05) is 43.4 Å². The number of methoxy groups -OCH3 is 1. The standard InChI is InChI=1S/C32H32NOSi.C13H24O2.Ir/c1-20-14-24(17-23-10-8-9-11-27(20)23)31-19-29(32-21(2)15-25(34-4)16-22(32)3)28-18-26(35(5,6)7)12-13-30(28)33-31;1-5-10(6-2)12(14)9-13(15)11(7-3)8-4;/h8-13,15-19H,1-7H3;9-11,14H,5-8H2,1-4H3;/q-1;;/b;12-9-;. The summed E-state index contributed by atoms with van der Waals surface area (Å²) in [6.07, 6.45) is 4.91. The second kappa shape index (κ2) is 18.3. The number of ether oxygens (including phenoxy) is 1. The number of aliphatic hydroxyl groups is 1. The summed E-state index contributed by atoms with van der Waals surface area (Å²) in [5.41, 5.74) is 9.04. The second-order valence-electron chi connectivity index (χ2n) is 14.6. The minimum Gasteiger partial charge on any atom is -0.512 e. The van der Waals surface area contributed by atoms with Gasteiger partial charge < -0.3 is 9.84 Å². The van der Waals surface area contributed by atoms with Crippen molar-refractivity contribution in [3.63, 3.8) is 0 Å². The fraction of sp³-hybridized carbons (Fsp3) is 0.378. The van der Waals surface area contributed by atoms with E-state index in [0.717, 1.165) is 53.8 Å². The van der Waals surface area contributed by atoms with Crippen LogP contribution < -0.4 is 9.92 Å². The molecule has 0 aliphatic heterocycles. The SMILES string of the molecule is CCC(CC)C(=O)/C=C(\O)C(CC)CC.COc1cc(C)c(-c2cc(-c3[c-]c(C)c4ccccc4c3)nc3ccc([Si](C)(C)C)cc23)c(C)c1.[Ir]. The molecule has 0 atom stereocenters. The zero-order valence-electron chi connectivity index (χ0n) is 32.5. The molecule has 0 amide bonds. The summed E-state index contributed by atoms with van der Waals surface area (Å²) in [7, 11) is 0.242. The number of benzene rings is 4. The van der Waals surface area contributed by atoms with E-state index >= 15 is 0 Å². The van der Waals surface area contributed by atoms with Gasteiger partial charge in [-0.1, -0.05) is 107 Å². The zero-order valence-corrected chi connectivity index (χ0v) is 35.9. The number of fused-ring (bicyclic) bond motifs is 2. The van der Waals surface area contributed by atoms with Crippen molar-refractivity contribution >= 4 is 40.7 Å². The molecule has 4 aromatic carbocycles. The normalized spacial score (nSPS) is 11.8. The molecule has 5 aromatic rings. The number of allylic oxidation sites excluding steroid dienone is 2. The van der Waals surface area contributed by atoms with Crippen molar-refractivity contribution in [3.8, 4) is 28.1 Å². The summed E-state index contributed by atoms with van der Waals surface area (Å²) in [4.78, 5) is 16.9. The van der Waals surface area contributed by atoms with Crippen LogP contribution in [-0.4, -0.2) is 31.1 Å². The number of aryl methyl sites for hydroxylation is 3. The number of pyridine rings is 1. The number of ketones is 1. The number of hydrogen-bond acceptors (Lipinski definition) is 4. The third-order valence-corrected chi connectivity index (χ3v) is 12.1. The van der Waals surface area contributed by atoms with Gasteiger partial charge in [-0.05, 0) is 85.7 Å². The first-order chi connectivity index (χ1) is 23.8. The Hall–Kier alpha value is -3.57. The summed E-state index contributed by atoms with van der Waals surface area (Å²) in [6.45, 7) is 21.7. The molecule has 6 heteroatoms. The molecule has 1 N–H and O–H groups in total. The van der Waals surface area contributed by atoms with Gasteiger partial charge in [0.05, 0.1) is 26.5 Å². The van der Waals surface area contributed by atoms with E-state index in [0.29, 0.717) is 0 Å². The van der Waals surface area contributed by atoms with E-state index in [4.69, 9.17) is 9.72 Å². The molecule has 1 aromatic heterocycles. The Labute approximate surface area is 321 Å². The van der Waals surface area contributed by atoms with Gasteiger partial charge in [-0.25, -0.2) is 0 Å². The average molecular weight is 879 g/mol. The van der Waals surface area contributed by atoms with E-state index in [1.165, 1.54) is 49.7 Å². The van der Waals surface area contributed by atoms with Crippen LogP contribution in [0, 0.1) is 38.7 Å². The fourth-order valence-electron chi connectivity index (χ4n) is 6.85. The van der Waals surface area contributed by atoms with Gasteiger partial charge in [-0.15, -0.1) is 28.6 Å². The maximum absolute atomic E-state index is 11.7. The third kappa shape index (κ3) is 9.85. The van der Waals surface area contributed by atoms with Crippen molar-refractivity contribution in [3.05, 3.63) is 101 Å². The quantitative estimate of drug-likeness (QED) is 0.0621. The van der Waals surface area contributed by atoms with Crippen molar-refractivity contribution in [1.82, 2.24) is 4.98 Å². The Balaban J connectivity index is 0.000000374. The van der Waals surface area contributed by atoms with Crippen LogP contribution in [0.1, 0.15) is 70.1 Å². The Morgan fingerprint density at radius 1 is 0.843 bits per heavy atom. The minimum absolute atomic E-state index is 0. The smallest absolute Gasteiger partial charge is 0.162 e. The van der Waals surface area contributed by atoms with Crippen molar-refractivity contribution in [2.75, 3.05) is 7.11 Å². The number of hydrogen-bond donors (Lipinski definition) is 1. The van der Waals surface area contributed by atoms with Gasteiger partial charge in [0.1, 0.15) is 5.75 Å². The van der Waals surface area contributed by atoms with Crippen LogP contribution in [-0.2, 0) is 24.9 Å². The number of rotatable bonds is 11. The molecule has 0 aliphatic rings. The van der Waals surface area contributed by atoms with Crippen LogP contribution in [0.25, 0.3) is 44.1 Å². The van der Waals surface area contributed by atoms with E-state index in [1.807, 2.05) is 27.7 Å². The molecule has 5 rings (SSSR count). The van der Waals surface area contributed by atoms with Gasteiger partial charge >= 0.3 is 0 Å². The van der Waals surface area contributed by atoms with Crippen LogP contribution in [0.4, 0.5) is 0 Å². The molecule has 0 saturated heterocycles. The van der Waals surface area contributed by atoms with E-state index in [-0.39, 0.29) is 43.5 Å². The molecule has 1 radical (unpaired) electrons. The molecule has 0 saturated carbocycles. The minimum atomic E-state index is -1.49. The van der Waals surface area contributed by atoms with E-state index < -0.39 is 8.07 Å². The molecule has 0 spiro atoms. The fourth-order valence-corrected chi connectivity index (χ4v) is 8.01. The van der Waals surface area contributed by atoms with Gasteiger partial charge in [0.15, 0.2) is 5.78 Å². The molecule has 273 valence electrons. The molecule has 4 nitrogen and oxygen atoms in total. The Bertz CT molecular complexity index is 1980. The Morgan fingerprint density at radius 3 is 2.02 bits per heavy atom. The number of nitrogens with zero attached hydrogens (tertiary/aromatic N) is 1. The summed E-state index contributed by atoms with van der Waals surface area (Å²) < 4.78 is 5.55. The monoisotopic (exact) mass is 879 g/mol. The predicted molar refractivity (Wildman–Crippen MR) is 217 cm³/mol. The first-order valence-electron chi connectivity index (χ1n) is 18.2. The third-order valence-electron chi connectivity index (χ3n) is 10.0. The molecule has 0 bridgehead atoms. The van der Waals surface area contributed by atoms with Crippen LogP contribution in [0.2, 0.25) is 19.6 Å². The molecule has 51 heavy (non-hydrogen) atoms. The van der Waals surface area contributed by atoms with E-state index in [2.05, 4.69) is 113 Å². The Morgan fingerprint density at radius 2 is 1.45 bits per heavy atom. The van der Waals surface area contributed by atoms with Gasteiger partial charge in [0.25, 0.3) is 0 Å². The van der Waals surface area contributed by atoms with Crippen molar-refractivity contribution in [2.24, 2.45) is 11.8 Å². The molecule has 1 heterocycles. The maximum Gasteiger partial charge on any atom is 0.162 e. The molecule has 0 unspecified atom stereocenters. The number of carbonyl (C=O) groups is 1. The average Bonchev–Trinajstić information content (AvgIpc) is 3.08. The van der Waals surface area contributed by atoms with E-state index in [9.17, 15) is 9.90 Å². The Kier molecular flexibility index (Phi) is 15.0. The number of carbonyl (C=O) groups excluding carboxylic acids is 1. The zero-order chi connectivity index (χ0) is 36.7. The largest absolute Gasteiger partial charge is 0.512 e. The van der Waals surface area contributed by atoms with Gasteiger partial charge in [-0.2, -0.15) is 0 Å². The maximum atomic E-state index is 11.7. The summed E-state index contributed by atoms with van der Waals surface area (Å²) in [6, 6.07) is 27.7. The number of aliphatic hydroxyl groups excluding tert-OH is 1. The molecular weight excluding hydrogens is 823 g/mol. The van der Waals surface area contributed by atoms with Crippen LogP contribution >= 0.6 is 0 Å². The van der Waals surface area contributed by atoms with Crippen molar-refractivity contribution in [2.45, 2.75) is 93.8 Å². The topological polar surface area (TPSA) is 59.4 Å². The first-order valence-corrected chi connectivity index (χ1v) is 21.7. The van der Waals surface area contributed by atoms with Crippen LogP contribution in [0.3, 0.4) is 0 Å². The van der Waals surface area contributed by atoms with Crippen molar-refractivity contribution < 1.29 is 34.7 Å². The summed E-state index contributed by atoms with van der Waals surface area (Å²) in [5.74, 6) is 1.44. The molecular formula is C45H56IrNO3Si-. The molecule has 0 fully saturated rings. The molecule has 0 aliphatic carbocycles. The predicted octanol–water partition coefficient (Wildman–Crippen LogP) is 11.9. The van der Waals surface area contributed by atoms with Gasteiger partial charge in [-0.3, -0.25) is 9.78 Å².